The monoisotopic (exact) mass is 442 g/mol. The summed E-state index contributed by atoms with van der Waals surface area (Å²) in [7, 11) is 1.56. The fraction of sp³-hybridized carbons (Fsp3) is 0.105. The average Bonchev–Trinajstić information content (AvgIpc) is 3.28. The van der Waals surface area contributed by atoms with E-state index in [-0.39, 0.29) is 23.6 Å². The third-order valence-electron chi connectivity index (χ3n) is 4.41. The van der Waals surface area contributed by atoms with E-state index in [0.29, 0.717) is 26.8 Å². The van der Waals surface area contributed by atoms with Crippen molar-refractivity contribution in [2.24, 2.45) is 0 Å². The van der Waals surface area contributed by atoms with Crippen LogP contribution < -0.4 is 16.2 Å². The van der Waals surface area contributed by atoms with Crippen LogP contribution in [0.15, 0.2) is 50.4 Å². The molecule has 0 saturated heterocycles. The molecule has 4 aromatic rings. The van der Waals surface area contributed by atoms with Gasteiger partial charge in [0.15, 0.2) is 10.4 Å². The molecule has 0 saturated carbocycles. The van der Waals surface area contributed by atoms with Gasteiger partial charge in [-0.25, -0.2) is 0 Å². The molecule has 3 heterocycles. The maximum Gasteiger partial charge on any atom is 0.291 e. The molecule has 0 aliphatic rings. The van der Waals surface area contributed by atoms with Gasteiger partial charge < -0.3 is 25.0 Å². The lowest BCUT2D eigenvalue weighted by atomic mass is 10.1. The minimum Gasteiger partial charge on any atom is -0.444 e. The normalized spacial score (nSPS) is 11.1. The number of rotatable bonds is 4. The van der Waals surface area contributed by atoms with E-state index >= 15 is 0 Å². The van der Waals surface area contributed by atoms with Crippen LogP contribution in [0, 0.1) is 0 Å². The Bertz CT molecular complexity index is 1280. The van der Waals surface area contributed by atoms with Crippen molar-refractivity contribution < 1.29 is 14.0 Å². The van der Waals surface area contributed by atoms with E-state index in [1.807, 2.05) is 0 Å². The van der Waals surface area contributed by atoms with Crippen LogP contribution in [-0.2, 0) is 11.2 Å². The van der Waals surface area contributed by atoms with Gasteiger partial charge >= 0.3 is 0 Å². The molecule has 0 aliphatic heterocycles. The van der Waals surface area contributed by atoms with Crippen molar-refractivity contribution in [1.82, 2.24) is 15.3 Å². The van der Waals surface area contributed by atoms with E-state index < -0.39 is 5.91 Å². The highest BCUT2D eigenvalue weighted by Gasteiger charge is 2.16. The molecule has 1 aromatic carbocycles. The number of fused-ring (bicyclic) bond motifs is 3. The number of anilines is 1. The molecule has 0 fully saturated rings. The first kappa shape index (κ1) is 18.1. The van der Waals surface area contributed by atoms with Crippen LogP contribution in [0.2, 0.25) is 0 Å². The molecular weight excluding hydrogens is 428 g/mol. The van der Waals surface area contributed by atoms with E-state index in [4.69, 9.17) is 4.42 Å². The number of benzene rings is 1. The highest BCUT2D eigenvalue weighted by Crippen LogP contribution is 2.29. The molecule has 4 N–H and O–H groups in total. The zero-order valence-electron chi connectivity index (χ0n) is 14.7. The average molecular weight is 443 g/mol. The molecule has 142 valence electrons. The van der Waals surface area contributed by atoms with E-state index in [2.05, 4.69) is 36.5 Å². The van der Waals surface area contributed by atoms with Crippen molar-refractivity contribution in [2.45, 2.75) is 6.42 Å². The Morgan fingerprint density at radius 1 is 1.21 bits per heavy atom. The summed E-state index contributed by atoms with van der Waals surface area (Å²) in [4.78, 5) is 42.1. The smallest absolute Gasteiger partial charge is 0.291 e. The quantitative estimate of drug-likeness (QED) is 0.388. The van der Waals surface area contributed by atoms with Crippen LogP contribution in [0.25, 0.3) is 21.8 Å². The number of carbonyl (C=O) groups excluding carboxylic acids is 2. The van der Waals surface area contributed by atoms with Crippen molar-refractivity contribution in [3.63, 3.8) is 0 Å². The Labute approximate surface area is 166 Å². The van der Waals surface area contributed by atoms with Gasteiger partial charge in [-0.05, 0) is 51.8 Å². The van der Waals surface area contributed by atoms with E-state index in [1.54, 1.807) is 43.6 Å². The molecule has 0 atom stereocenters. The molecule has 0 aliphatic carbocycles. The zero-order valence-corrected chi connectivity index (χ0v) is 16.3. The summed E-state index contributed by atoms with van der Waals surface area (Å²) in [6.45, 7) is 0. The number of hydrogen-bond acceptors (Lipinski definition) is 4. The van der Waals surface area contributed by atoms with Crippen LogP contribution in [0.4, 0.5) is 5.69 Å². The standard InChI is InChI=1S/C19H15BrN4O4/c1-21-15(25)6-9-8-22-19(27)17-16(9)11-7-10(2-3-12(11)24-17)23-18(26)13-4-5-14(20)28-13/h2-5,7-8,24H,6H2,1H3,(H,21,25)(H,22,27)(H,23,26). The molecule has 3 aromatic heterocycles. The predicted molar refractivity (Wildman–Crippen MR) is 109 cm³/mol. The van der Waals surface area contributed by atoms with Crippen LogP contribution in [0.1, 0.15) is 16.1 Å². The topological polar surface area (TPSA) is 120 Å². The number of pyridine rings is 1. The summed E-state index contributed by atoms with van der Waals surface area (Å²) in [5, 5.41) is 6.74. The Hall–Kier alpha value is -3.33. The highest BCUT2D eigenvalue weighted by molar-refractivity contribution is 9.10. The Kier molecular flexibility index (Phi) is 4.52. The number of aromatic nitrogens is 2. The van der Waals surface area contributed by atoms with Gasteiger partial charge in [0.2, 0.25) is 5.91 Å². The molecule has 9 heteroatoms. The van der Waals surface area contributed by atoms with Gasteiger partial charge in [-0.15, -0.1) is 0 Å². The van der Waals surface area contributed by atoms with Crippen LogP contribution in [0.3, 0.4) is 0 Å². The van der Waals surface area contributed by atoms with Crippen LogP contribution >= 0.6 is 15.9 Å². The van der Waals surface area contributed by atoms with Gasteiger partial charge in [0.1, 0.15) is 5.52 Å². The first-order valence-corrected chi connectivity index (χ1v) is 9.19. The lowest BCUT2D eigenvalue weighted by molar-refractivity contribution is -0.119. The van der Waals surface area contributed by atoms with Crippen LogP contribution in [0.5, 0.6) is 0 Å². The maximum atomic E-state index is 12.3. The fourth-order valence-corrected chi connectivity index (χ4v) is 3.41. The second kappa shape index (κ2) is 7.01. The van der Waals surface area contributed by atoms with Crippen LogP contribution in [-0.4, -0.2) is 28.8 Å². The number of H-pyrrole nitrogens is 2. The van der Waals surface area contributed by atoms with Crippen molar-refractivity contribution >= 4 is 55.2 Å². The molecule has 0 unspecified atom stereocenters. The summed E-state index contributed by atoms with van der Waals surface area (Å²) in [5.74, 6) is -0.397. The summed E-state index contributed by atoms with van der Waals surface area (Å²) >= 11 is 3.16. The van der Waals surface area contributed by atoms with Gasteiger partial charge in [0.05, 0.1) is 6.42 Å². The molecule has 0 radical (unpaired) electrons. The number of aromatic amines is 2. The van der Waals surface area contributed by atoms with Gasteiger partial charge in [-0.3, -0.25) is 14.4 Å². The SMILES string of the molecule is CNC(=O)Cc1c[nH]c(=O)c2[nH]c3ccc(NC(=O)c4ccc(Br)o4)cc3c12. The maximum absolute atomic E-state index is 12.3. The molecule has 4 rings (SSSR count). The first-order valence-electron chi connectivity index (χ1n) is 8.39. The third-order valence-corrected chi connectivity index (χ3v) is 4.84. The number of amides is 2. The van der Waals surface area contributed by atoms with E-state index in [0.717, 1.165) is 10.9 Å². The summed E-state index contributed by atoms with van der Waals surface area (Å²) < 4.78 is 5.72. The molecule has 2 amide bonds. The predicted octanol–water partition coefficient (Wildman–Crippen LogP) is 2.91. The van der Waals surface area contributed by atoms with Crippen molar-refractivity contribution in [3.05, 3.63) is 62.9 Å². The second-order valence-electron chi connectivity index (χ2n) is 6.19. The number of likely N-dealkylation sites (N-methyl/N-ethyl adjacent to an activating group) is 1. The molecule has 8 nitrogen and oxygen atoms in total. The van der Waals surface area contributed by atoms with E-state index in [9.17, 15) is 14.4 Å². The molecular formula is C19H15BrN4O4. The minimum absolute atomic E-state index is 0.119. The number of carbonyl (C=O) groups is 2. The number of hydrogen-bond donors (Lipinski definition) is 4. The Balaban J connectivity index is 1.80. The van der Waals surface area contributed by atoms with Gasteiger partial charge in [-0.2, -0.15) is 0 Å². The molecule has 28 heavy (non-hydrogen) atoms. The largest absolute Gasteiger partial charge is 0.444 e. The van der Waals surface area contributed by atoms with Crippen molar-refractivity contribution in [3.8, 4) is 0 Å². The zero-order chi connectivity index (χ0) is 19.8. The number of halogens is 1. The lowest BCUT2D eigenvalue weighted by Crippen LogP contribution is -2.20. The summed E-state index contributed by atoms with van der Waals surface area (Å²) in [5.41, 5.74) is 2.05. The fourth-order valence-electron chi connectivity index (χ4n) is 3.10. The minimum atomic E-state index is -0.395. The number of furan rings is 1. The van der Waals surface area contributed by atoms with Crippen molar-refractivity contribution in [2.75, 3.05) is 12.4 Å². The Morgan fingerprint density at radius 2 is 2.04 bits per heavy atom. The van der Waals surface area contributed by atoms with Crippen molar-refractivity contribution in [1.29, 1.82) is 0 Å². The van der Waals surface area contributed by atoms with Gasteiger partial charge in [0.25, 0.3) is 11.5 Å². The molecule has 0 bridgehead atoms. The third kappa shape index (κ3) is 3.20. The van der Waals surface area contributed by atoms with Gasteiger partial charge in [-0.1, -0.05) is 0 Å². The van der Waals surface area contributed by atoms with E-state index in [1.165, 1.54) is 0 Å². The highest BCUT2D eigenvalue weighted by atomic mass is 79.9. The Morgan fingerprint density at radius 3 is 2.75 bits per heavy atom. The molecule has 0 spiro atoms. The second-order valence-corrected chi connectivity index (χ2v) is 6.97. The summed E-state index contributed by atoms with van der Waals surface area (Å²) in [6, 6.07) is 8.45. The van der Waals surface area contributed by atoms with Gasteiger partial charge in [0, 0.05) is 35.2 Å². The lowest BCUT2D eigenvalue weighted by Gasteiger charge is -2.05. The summed E-state index contributed by atoms with van der Waals surface area (Å²) in [6.07, 6.45) is 1.66. The first-order chi connectivity index (χ1) is 13.5. The number of nitrogens with one attached hydrogen (secondary N) is 4.